The molecular weight excluding hydrogens is 220 g/mol. The molecule has 1 saturated carbocycles. The van der Waals surface area contributed by atoms with Gasteiger partial charge < -0.3 is 10.6 Å². The number of hydrogen-bond acceptors (Lipinski definition) is 5. The summed E-state index contributed by atoms with van der Waals surface area (Å²) in [6, 6.07) is 4.14. The molecule has 3 heterocycles. The third kappa shape index (κ3) is 1.29. The maximum absolute atomic E-state index is 11.4. The summed E-state index contributed by atoms with van der Waals surface area (Å²) < 4.78 is 1.28. The lowest BCUT2D eigenvalue weighted by molar-refractivity contribution is 0.693. The molecule has 7 nitrogen and oxygen atoms in total. The fourth-order valence-corrected chi connectivity index (χ4v) is 2.68. The first kappa shape index (κ1) is 9.17. The molecule has 7 heteroatoms. The number of nitrogens with zero attached hydrogens (tertiary/aromatic N) is 3. The van der Waals surface area contributed by atoms with Crippen molar-refractivity contribution in [3.63, 3.8) is 0 Å². The molecule has 17 heavy (non-hydrogen) atoms. The molecule has 0 spiro atoms. The van der Waals surface area contributed by atoms with Crippen molar-refractivity contribution in [3.8, 4) is 0 Å². The normalized spacial score (nSPS) is 30.5. The first-order valence-corrected chi connectivity index (χ1v) is 5.75. The highest BCUT2D eigenvalue weighted by atomic mass is 16.2. The maximum atomic E-state index is 11.4. The number of H-pyrrole nitrogens is 1. The second kappa shape index (κ2) is 3.07. The average molecular weight is 232 g/mol. The van der Waals surface area contributed by atoms with Crippen molar-refractivity contribution < 1.29 is 0 Å². The van der Waals surface area contributed by atoms with Crippen LogP contribution in [0.4, 0.5) is 5.82 Å². The van der Waals surface area contributed by atoms with Crippen molar-refractivity contribution in [1.29, 1.82) is 0 Å². The average Bonchev–Trinajstić information content (AvgIpc) is 2.72. The lowest BCUT2D eigenvalue weighted by Gasteiger charge is -2.07. The number of aromatic nitrogens is 4. The van der Waals surface area contributed by atoms with Crippen LogP contribution in [0.5, 0.6) is 0 Å². The molecule has 0 bridgehead atoms. The predicted octanol–water partition coefficient (Wildman–Crippen LogP) is -0.953. The fraction of sp³-hybridized carbons (Fsp3) is 0.500. The van der Waals surface area contributed by atoms with Crippen LogP contribution < -0.4 is 16.3 Å². The Morgan fingerprint density at radius 3 is 3.00 bits per heavy atom. The molecule has 2 atom stereocenters. The number of piperidine rings is 1. The van der Waals surface area contributed by atoms with E-state index in [9.17, 15) is 4.79 Å². The van der Waals surface area contributed by atoms with E-state index in [0.29, 0.717) is 23.5 Å². The van der Waals surface area contributed by atoms with E-state index in [-0.39, 0.29) is 5.69 Å². The quantitative estimate of drug-likeness (QED) is 0.621. The standard InChI is InChI=1S/C10H12N6O/c17-10-14-13-8-2-1-7(15-16(8)10)12-9-5-3-11-4-6(5)9/h1-2,5-6,9,11H,3-4H2,(H,12,15)(H,14,17). The van der Waals surface area contributed by atoms with Gasteiger partial charge in [0, 0.05) is 19.1 Å². The highest BCUT2D eigenvalue weighted by molar-refractivity contribution is 5.45. The molecule has 4 rings (SSSR count). The van der Waals surface area contributed by atoms with Gasteiger partial charge in [0.15, 0.2) is 5.65 Å². The summed E-state index contributed by atoms with van der Waals surface area (Å²) in [6.07, 6.45) is 0. The molecule has 2 unspecified atom stereocenters. The zero-order valence-corrected chi connectivity index (χ0v) is 9.05. The molecule has 88 valence electrons. The van der Waals surface area contributed by atoms with E-state index >= 15 is 0 Å². The van der Waals surface area contributed by atoms with Gasteiger partial charge in [0.05, 0.1) is 0 Å². The van der Waals surface area contributed by atoms with Gasteiger partial charge >= 0.3 is 5.69 Å². The van der Waals surface area contributed by atoms with Crippen LogP contribution in [0.25, 0.3) is 5.65 Å². The zero-order valence-electron chi connectivity index (χ0n) is 9.05. The van der Waals surface area contributed by atoms with Gasteiger partial charge in [-0.15, -0.1) is 5.10 Å². The minimum absolute atomic E-state index is 0.304. The Morgan fingerprint density at radius 2 is 2.18 bits per heavy atom. The number of fused-ring (bicyclic) bond motifs is 2. The number of aromatic amines is 1. The molecule has 2 aromatic rings. The van der Waals surface area contributed by atoms with Gasteiger partial charge in [-0.1, -0.05) is 0 Å². The smallest absolute Gasteiger partial charge is 0.364 e. The van der Waals surface area contributed by atoms with Crippen molar-refractivity contribution >= 4 is 11.5 Å². The molecule has 1 aliphatic heterocycles. The van der Waals surface area contributed by atoms with E-state index < -0.39 is 0 Å². The van der Waals surface area contributed by atoms with E-state index in [1.165, 1.54) is 4.52 Å². The van der Waals surface area contributed by atoms with Crippen molar-refractivity contribution in [2.75, 3.05) is 18.4 Å². The molecule has 2 aliphatic rings. The van der Waals surface area contributed by atoms with Crippen LogP contribution in [0.2, 0.25) is 0 Å². The Labute approximate surface area is 96.2 Å². The zero-order chi connectivity index (χ0) is 11.4. The van der Waals surface area contributed by atoms with Crippen LogP contribution in [0.15, 0.2) is 16.9 Å². The third-order valence-electron chi connectivity index (χ3n) is 3.68. The van der Waals surface area contributed by atoms with E-state index in [0.717, 1.165) is 18.9 Å². The number of rotatable bonds is 2. The highest BCUT2D eigenvalue weighted by Crippen LogP contribution is 2.43. The van der Waals surface area contributed by atoms with Gasteiger partial charge in [-0.25, -0.2) is 9.89 Å². The predicted molar refractivity (Wildman–Crippen MR) is 60.9 cm³/mol. The Morgan fingerprint density at radius 1 is 1.35 bits per heavy atom. The molecule has 1 aliphatic carbocycles. The summed E-state index contributed by atoms with van der Waals surface area (Å²) >= 11 is 0. The van der Waals surface area contributed by atoms with Crippen LogP contribution in [0.1, 0.15) is 0 Å². The van der Waals surface area contributed by atoms with E-state index in [4.69, 9.17) is 0 Å². The van der Waals surface area contributed by atoms with Gasteiger partial charge in [-0.3, -0.25) is 0 Å². The SMILES string of the molecule is O=c1[nH]nc2ccc(NC3C4CNCC43)nn12. The van der Waals surface area contributed by atoms with Crippen LogP contribution in [-0.4, -0.2) is 38.9 Å². The van der Waals surface area contributed by atoms with E-state index in [1.807, 2.05) is 6.07 Å². The fourth-order valence-electron chi connectivity index (χ4n) is 2.68. The first-order chi connectivity index (χ1) is 8.33. The largest absolute Gasteiger partial charge is 0.365 e. The number of hydrogen-bond donors (Lipinski definition) is 3. The molecule has 0 radical (unpaired) electrons. The summed E-state index contributed by atoms with van der Waals surface area (Å²) in [4.78, 5) is 11.4. The van der Waals surface area contributed by atoms with Crippen molar-refractivity contribution in [2.45, 2.75) is 6.04 Å². The van der Waals surface area contributed by atoms with E-state index in [2.05, 4.69) is 25.9 Å². The maximum Gasteiger partial charge on any atom is 0.364 e. The van der Waals surface area contributed by atoms with Crippen molar-refractivity contribution in [3.05, 3.63) is 22.6 Å². The van der Waals surface area contributed by atoms with Crippen molar-refractivity contribution in [1.82, 2.24) is 25.1 Å². The second-order valence-corrected chi connectivity index (χ2v) is 4.67. The molecule has 0 aromatic carbocycles. The Hall–Kier alpha value is -1.89. The summed E-state index contributed by atoms with van der Waals surface area (Å²) in [5.74, 6) is 2.17. The minimum atomic E-state index is -0.304. The van der Waals surface area contributed by atoms with Crippen LogP contribution >= 0.6 is 0 Å². The lowest BCUT2D eigenvalue weighted by Crippen LogP contribution is -2.22. The van der Waals surface area contributed by atoms with Crippen LogP contribution in [0, 0.1) is 11.8 Å². The van der Waals surface area contributed by atoms with Gasteiger partial charge in [0.25, 0.3) is 0 Å². The van der Waals surface area contributed by atoms with Crippen LogP contribution in [-0.2, 0) is 0 Å². The number of anilines is 1. The molecule has 3 N–H and O–H groups in total. The van der Waals surface area contributed by atoms with Crippen molar-refractivity contribution in [2.24, 2.45) is 11.8 Å². The summed E-state index contributed by atoms with van der Waals surface area (Å²) in [7, 11) is 0. The second-order valence-electron chi connectivity index (χ2n) is 4.67. The minimum Gasteiger partial charge on any atom is -0.365 e. The summed E-state index contributed by atoms with van der Waals surface area (Å²) in [5.41, 5.74) is 0.236. The van der Waals surface area contributed by atoms with Gasteiger partial charge in [-0.05, 0) is 24.0 Å². The monoisotopic (exact) mass is 232 g/mol. The third-order valence-corrected chi connectivity index (χ3v) is 3.68. The molecule has 0 amide bonds. The van der Waals surface area contributed by atoms with Gasteiger partial charge in [-0.2, -0.15) is 9.61 Å². The van der Waals surface area contributed by atoms with Gasteiger partial charge in [0.2, 0.25) is 0 Å². The molecular formula is C10H12N6O. The van der Waals surface area contributed by atoms with Gasteiger partial charge in [0.1, 0.15) is 5.82 Å². The first-order valence-electron chi connectivity index (χ1n) is 5.75. The highest BCUT2D eigenvalue weighted by Gasteiger charge is 2.53. The van der Waals surface area contributed by atoms with Crippen LogP contribution in [0.3, 0.4) is 0 Å². The van der Waals surface area contributed by atoms with E-state index in [1.54, 1.807) is 6.07 Å². The molecule has 2 fully saturated rings. The number of nitrogens with one attached hydrogen (secondary N) is 3. The lowest BCUT2D eigenvalue weighted by atomic mass is 10.4. The molecule has 2 aromatic heterocycles. The summed E-state index contributed by atoms with van der Waals surface area (Å²) in [6.45, 7) is 2.16. The Kier molecular flexibility index (Phi) is 1.66. The Bertz CT molecular complexity index is 621. The summed E-state index contributed by atoms with van der Waals surface area (Å²) in [5, 5.41) is 17.1. The Balaban J connectivity index is 1.63. The molecule has 1 saturated heterocycles. The topological polar surface area (TPSA) is 87.1 Å².